The van der Waals surface area contributed by atoms with Crippen LogP contribution in [0.2, 0.25) is 0 Å². The predicted molar refractivity (Wildman–Crippen MR) is 104 cm³/mol. The van der Waals surface area contributed by atoms with E-state index in [1.54, 1.807) is 10.9 Å². The van der Waals surface area contributed by atoms with Crippen molar-refractivity contribution in [3.05, 3.63) is 12.7 Å². The molecule has 159 valence electrons. The maximum Gasteiger partial charge on any atom is 0.167 e. The van der Waals surface area contributed by atoms with Crippen LogP contribution in [0.25, 0.3) is 11.2 Å². The Labute approximate surface area is 169 Å². The predicted octanol–water partition coefficient (Wildman–Crippen LogP) is 1.25. The maximum atomic E-state index is 12.6. The molecule has 2 aromatic rings. The summed E-state index contributed by atoms with van der Waals surface area (Å²) in [4.78, 5) is 13.2. The van der Waals surface area contributed by atoms with Gasteiger partial charge in [0.05, 0.1) is 19.0 Å². The SMILES string of the molecule is CC1(C)CC(Nc2ncnc3c2ncn3[C@H]2C[C@H](O)[C@@H](CO)O2)CC(C)(C)N1[O]. The van der Waals surface area contributed by atoms with Crippen molar-refractivity contribution in [2.45, 2.75) is 82.5 Å². The summed E-state index contributed by atoms with van der Waals surface area (Å²) >= 11 is 0. The largest absolute Gasteiger partial charge is 0.394 e. The Kier molecular flexibility index (Phi) is 5.02. The van der Waals surface area contributed by atoms with E-state index in [9.17, 15) is 15.4 Å². The molecule has 0 aliphatic carbocycles. The Hall–Kier alpha value is -1.85. The molecule has 29 heavy (non-hydrogen) atoms. The molecule has 4 rings (SSSR count). The average Bonchev–Trinajstić information content (AvgIpc) is 3.23. The van der Waals surface area contributed by atoms with E-state index in [1.807, 2.05) is 27.7 Å². The Bertz CT molecular complexity index is 867. The zero-order valence-corrected chi connectivity index (χ0v) is 17.2. The monoisotopic (exact) mass is 405 g/mol. The molecule has 2 fully saturated rings. The van der Waals surface area contributed by atoms with Gasteiger partial charge in [-0.25, -0.2) is 15.0 Å². The summed E-state index contributed by atoms with van der Waals surface area (Å²) < 4.78 is 7.49. The van der Waals surface area contributed by atoms with E-state index < -0.39 is 29.5 Å². The first-order valence-electron chi connectivity index (χ1n) is 9.98. The zero-order valence-electron chi connectivity index (χ0n) is 17.2. The van der Waals surface area contributed by atoms with Crippen LogP contribution in [0.15, 0.2) is 12.7 Å². The third-order valence-electron chi connectivity index (χ3n) is 5.99. The molecule has 2 aromatic heterocycles. The first kappa shape index (κ1) is 20.4. The van der Waals surface area contributed by atoms with E-state index in [4.69, 9.17) is 4.74 Å². The lowest BCUT2D eigenvalue weighted by atomic mass is 9.79. The number of piperidine rings is 1. The number of aliphatic hydroxyl groups excluding tert-OH is 2. The Morgan fingerprint density at radius 1 is 1.21 bits per heavy atom. The molecule has 10 heteroatoms. The van der Waals surface area contributed by atoms with Gasteiger partial charge in [0, 0.05) is 23.5 Å². The van der Waals surface area contributed by atoms with Gasteiger partial charge in [-0.15, -0.1) is 10.3 Å². The van der Waals surface area contributed by atoms with Gasteiger partial charge in [-0.3, -0.25) is 4.57 Å². The molecule has 2 aliphatic heterocycles. The highest BCUT2D eigenvalue weighted by Crippen LogP contribution is 2.38. The number of ether oxygens (including phenoxy) is 1. The lowest BCUT2D eigenvalue weighted by Crippen LogP contribution is -2.60. The standard InChI is InChI=1S/C19H29N6O4/c1-18(2)6-11(7-19(3,4)25(18)28)23-16-15-17(21-9-20-16)24(10-22-15)14-5-12(27)13(8-26)29-14/h9-14,26-27H,5-8H2,1-4H3,(H,20,21,23)/t12-,13+,14+/m0/s1. The molecule has 4 heterocycles. The van der Waals surface area contributed by atoms with E-state index >= 15 is 0 Å². The summed E-state index contributed by atoms with van der Waals surface area (Å²) in [7, 11) is 0. The van der Waals surface area contributed by atoms with Crippen LogP contribution in [0.1, 0.15) is 53.2 Å². The van der Waals surface area contributed by atoms with E-state index in [0.29, 0.717) is 36.2 Å². The van der Waals surface area contributed by atoms with Crippen LogP contribution in [0, 0.1) is 0 Å². The number of hydroxylamine groups is 2. The second-order valence-electron chi connectivity index (χ2n) is 9.33. The number of aliphatic hydroxyl groups is 2. The fourth-order valence-corrected chi connectivity index (χ4v) is 4.78. The molecule has 3 atom stereocenters. The molecule has 1 radical (unpaired) electrons. The molecule has 3 N–H and O–H groups in total. The van der Waals surface area contributed by atoms with Crippen LogP contribution in [0.5, 0.6) is 0 Å². The third kappa shape index (κ3) is 3.59. The molecular formula is C19H29N6O4. The van der Waals surface area contributed by atoms with Gasteiger partial charge in [-0.1, -0.05) is 0 Å². The first-order valence-corrected chi connectivity index (χ1v) is 9.98. The minimum Gasteiger partial charge on any atom is -0.394 e. The molecule has 0 spiro atoms. The molecule has 2 aliphatic rings. The van der Waals surface area contributed by atoms with Gasteiger partial charge in [0.25, 0.3) is 0 Å². The number of nitrogens with zero attached hydrogens (tertiary/aromatic N) is 5. The maximum absolute atomic E-state index is 12.6. The number of imidazole rings is 1. The fourth-order valence-electron chi connectivity index (χ4n) is 4.78. The summed E-state index contributed by atoms with van der Waals surface area (Å²) in [5.74, 6) is 0.613. The number of hydrogen-bond donors (Lipinski definition) is 3. The number of rotatable bonds is 4. The van der Waals surface area contributed by atoms with Crippen molar-refractivity contribution in [2.24, 2.45) is 0 Å². The molecule has 0 saturated carbocycles. The second-order valence-corrected chi connectivity index (χ2v) is 9.33. The van der Waals surface area contributed by atoms with E-state index in [0.717, 1.165) is 0 Å². The summed E-state index contributed by atoms with van der Waals surface area (Å²) in [6, 6.07) is 0.0665. The van der Waals surface area contributed by atoms with Crippen molar-refractivity contribution in [3.8, 4) is 0 Å². The molecule has 10 nitrogen and oxygen atoms in total. The van der Waals surface area contributed by atoms with Gasteiger partial charge in [-0.05, 0) is 40.5 Å². The van der Waals surface area contributed by atoms with Crippen LogP contribution in [-0.2, 0) is 9.94 Å². The number of anilines is 1. The Morgan fingerprint density at radius 3 is 2.52 bits per heavy atom. The molecule has 2 saturated heterocycles. The van der Waals surface area contributed by atoms with Crippen molar-refractivity contribution in [1.29, 1.82) is 0 Å². The fraction of sp³-hybridized carbons (Fsp3) is 0.737. The highest BCUT2D eigenvalue weighted by atomic mass is 16.5. The number of hydrogen-bond acceptors (Lipinski definition) is 8. The van der Waals surface area contributed by atoms with Gasteiger partial charge in [0.15, 0.2) is 17.0 Å². The topological polar surface area (TPSA) is 128 Å². The van der Waals surface area contributed by atoms with Crippen molar-refractivity contribution >= 4 is 17.0 Å². The molecule has 0 amide bonds. The summed E-state index contributed by atoms with van der Waals surface area (Å²) in [6.07, 6.45) is 3.02. The summed E-state index contributed by atoms with van der Waals surface area (Å²) in [5.41, 5.74) is 0.229. The van der Waals surface area contributed by atoms with Crippen LogP contribution < -0.4 is 5.32 Å². The van der Waals surface area contributed by atoms with Gasteiger partial charge < -0.3 is 20.3 Å². The normalized spacial score (nSPS) is 30.1. The first-order chi connectivity index (χ1) is 13.6. The van der Waals surface area contributed by atoms with Crippen LogP contribution in [0.4, 0.5) is 5.82 Å². The van der Waals surface area contributed by atoms with Crippen molar-refractivity contribution < 1.29 is 20.2 Å². The van der Waals surface area contributed by atoms with Gasteiger partial charge in [-0.2, -0.15) is 0 Å². The molecule has 0 bridgehead atoms. The van der Waals surface area contributed by atoms with Crippen LogP contribution in [0.3, 0.4) is 0 Å². The summed E-state index contributed by atoms with van der Waals surface area (Å²) in [5, 5.41) is 36.6. The molecule has 0 unspecified atom stereocenters. The third-order valence-corrected chi connectivity index (χ3v) is 5.99. The van der Waals surface area contributed by atoms with Crippen molar-refractivity contribution in [3.63, 3.8) is 0 Å². The van der Waals surface area contributed by atoms with Gasteiger partial charge >= 0.3 is 0 Å². The summed E-state index contributed by atoms with van der Waals surface area (Å²) in [6.45, 7) is 7.59. The van der Waals surface area contributed by atoms with Crippen LogP contribution >= 0.6 is 0 Å². The lowest BCUT2D eigenvalue weighted by Gasteiger charge is -2.50. The minimum absolute atomic E-state index is 0.0665. The number of nitrogens with one attached hydrogen (secondary N) is 1. The van der Waals surface area contributed by atoms with E-state index in [2.05, 4.69) is 20.3 Å². The minimum atomic E-state index is -0.733. The van der Waals surface area contributed by atoms with Crippen molar-refractivity contribution in [2.75, 3.05) is 11.9 Å². The quantitative estimate of drug-likeness (QED) is 0.693. The smallest absolute Gasteiger partial charge is 0.167 e. The lowest BCUT2D eigenvalue weighted by molar-refractivity contribution is -0.288. The van der Waals surface area contributed by atoms with Crippen molar-refractivity contribution in [1.82, 2.24) is 24.6 Å². The average molecular weight is 405 g/mol. The highest BCUT2D eigenvalue weighted by molar-refractivity contribution is 5.82. The van der Waals surface area contributed by atoms with E-state index in [-0.39, 0.29) is 12.6 Å². The Balaban J connectivity index is 1.59. The highest BCUT2D eigenvalue weighted by Gasteiger charge is 2.46. The zero-order chi connectivity index (χ0) is 21.0. The van der Waals surface area contributed by atoms with Crippen LogP contribution in [-0.4, -0.2) is 70.7 Å². The van der Waals surface area contributed by atoms with Gasteiger partial charge in [0.2, 0.25) is 0 Å². The molecular weight excluding hydrogens is 376 g/mol. The number of aromatic nitrogens is 4. The number of fused-ring (bicyclic) bond motifs is 1. The van der Waals surface area contributed by atoms with Gasteiger partial charge in [0.1, 0.15) is 18.7 Å². The molecule has 0 aromatic carbocycles. The van der Waals surface area contributed by atoms with E-state index in [1.165, 1.54) is 11.4 Å². The Morgan fingerprint density at radius 2 is 1.90 bits per heavy atom. The second kappa shape index (κ2) is 7.13.